The zero-order chi connectivity index (χ0) is 22.6. The van der Waals surface area contributed by atoms with Gasteiger partial charge in [-0.25, -0.2) is 4.98 Å². The quantitative estimate of drug-likeness (QED) is 0.700. The fourth-order valence-electron chi connectivity index (χ4n) is 3.97. The van der Waals surface area contributed by atoms with E-state index in [0.29, 0.717) is 17.8 Å². The Balaban J connectivity index is 0.000000300. The molecule has 1 saturated carbocycles. The summed E-state index contributed by atoms with van der Waals surface area (Å²) in [4.78, 5) is 18.5. The number of pyridine rings is 1. The number of aliphatic hydroxyl groups excluding tert-OH is 1. The van der Waals surface area contributed by atoms with Gasteiger partial charge in [-0.15, -0.1) is 0 Å². The van der Waals surface area contributed by atoms with E-state index in [0.717, 1.165) is 51.8 Å². The normalized spacial score (nSPS) is 19.7. The summed E-state index contributed by atoms with van der Waals surface area (Å²) in [6.45, 7) is 6.81. The standard InChI is InChI=1S/C12H15F3N2.C9H17NO.CH4O/c1-9-3-2-6-17(8-9)11-5-4-10(7-16-11)12(13,14)15;1-2-10(8-11)9-6-4-3-5-7-9;1-2/h4-5,7,9H,2-3,6,8H2,1H3;8-9H,2-7H2,1H3;2H,1H3. The van der Waals surface area contributed by atoms with Gasteiger partial charge in [-0.1, -0.05) is 26.2 Å². The molecule has 8 heteroatoms. The molecule has 0 bridgehead atoms. The molecule has 2 heterocycles. The van der Waals surface area contributed by atoms with Crippen LogP contribution in [0.1, 0.15) is 64.4 Å². The van der Waals surface area contributed by atoms with Crippen molar-refractivity contribution in [1.82, 2.24) is 9.88 Å². The number of aliphatic hydroxyl groups is 1. The van der Waals surface area contributed by atoms with E-state index in [2.05, 4.69) is 11.9 Å². The van der Waals surface area contributed by atoms with E-state index in [-0.39, 0.29) is 0 Å². The third kappa shape index (κ3) is 8.50. The van der Waals surface area contributed by atoms with Crippen LogP contribution in [0.3, 0.4) is 0 Å². The molecule has 1 unspecified atom stereocenters. The summed E-state index contributed by atoms with van der Waals surface area (Å²) < 4.78 is 37.1. The third-order valence-corrected chi connectivity index (χ3v) is 5.60. The molecule has 0 radical (unpaired) electrons. The predicted octanol–water partition coefficient (Wildman–Crippen LogP) is 4.74. The van der Waals surface area contributed by atoms with Crippen LogP contribution in [0.4, 0.5) is 19.0 Å². The molecule has 0 aromatic carbocycles. The molecule has 30 heavy (non-hydrogen) atoms. The molecule has 1 aliphatic carbocycles. The number of anilines is 1. The van der Waals surface area contributed by atoms with Crippen LogP contribution in [0.5, 0.6) is 0 Å². The minimum Gasteiger partial charge on any atom is -0.400 e. The lowest BCUT2D eigenvalue weighted by molar-refractivity contribution is -0.137. The molecular weight excluding hydrogens is 395 g/mol. The van der Waals surface area contributed by atoms with Crippen molar-refractivity contribution in [2.24, 2.45) is 5.92 Å². The van der Waals surface area contributed by atoms with E-state index in [1.54, 1.807) is 0 Å². The Morgan fingerprint density at radius 3 is 2.30 bits per heavy atom. The van der Waals surface area contributed by atoms with Gasteiger partial charge in [-0.2, -0.15) is 13.2 Å². The van der Waals surface area contributed by atoms with Crippen LogP contribution in [0.25, 0.3) is 0 Å². The Bertz CT molecular complexity index is 590. The molecule has 1 atom stereocenters. The first-order valence-corrected chi connectivity index (χ1v) is 10.8. The van der Waals surface area contributed by atoms with Crippen molar-refractivity contribution in [3.63, 3.8) is 0 Å². The third-order valence-electron chi connectivity index (χ3n) is 5.60. The van der Waals surface area contributed by atoms with Gasteiger partial charge >= 0.3 is 6.18 Å². The average Bonchev–Trinajstić information content (AvgIpc) is 2.77. The number of hydrogen-bond donors (Lipinski definition) is 1. The molecule has 2 fully saturated rings. The van der Waals surface area contributed by atoms with Crippen LogP contribution in [0, 0.1) is 5.92 Å². The zero-order valence-electron chi connectivity index (χ0n) is 18.4. The molecule has 0 spiro atoms. The summed E-state index contributed by atoms with van der Waals surface area (Å²) in [5.74, 6) is 1.22. The first-order chi connectivity index (χ1) is 14.3. The summed E-state index contributed by atoms with van der Waals surface area (Å²) in [5, 5.41) is 7.00. The van der Waals surface area contributed by atoms with E-state index >= 15 is 0 Å². The molecule has 1 N–H and O–H groups in total. The second kappa shape index (κ2) is 13.5. The van der Waals surface area contributed by atoms with Crippen molar-refractivity contribution in [1.29, 1.82) is 0 Å². The Kier molecular flexibility index (Phi) is 11.8. The van der Waals surface area contributed by atoms with Crippen LogP contribution in [0.15, 0.2) is 18.3 Å². The van der Waals surface area contributed by atoms with Gasteiger partial charge in [0.15, 0.2) is 0 Å². The van der Waals surface area contributed by atoms with Crippen LogP contribution >= 0.6 is 0 Å². The van der Waals surface area contributed by atoms with Gasteiger partial charge in [-0.3, -0.25) is 4.79 Å². The maximum absolute atomic E-state index is 12.4. The molecule has 1 aliphatic heterocycles. The van der Waals surface area contributed by atoms with Crippen molar-refractivity contribution in [3.8, 4) is 0 Å². The van der Waals surface area contributed by atoms with Crippen molar-refractivity contribution in [3.05, 3.63) is 23.9 Å². The van der Waals surface area contributed by atoms with Gasteiger partial charge in [0.05, 0.1) is 5.56 Å². The lowest BCUT2D eigenvalue weighted by Gasteiger charge is -2.31. The van der Waals surface area contributed by atoms with E-state index < -0.39 is 11.7 Å². The van der Waals surface area contributed by atoms with Crippen LogP contribution < -0.4 is 4.90 Å². The van der Waals surface area contributed by atoms with Gasteiger partial charge in [0, 0.05) is 39.0 Å². The monoisotopic (exact) mass is 431 g/mol. The molecule has 3 rings (SSSR count). The summed E-state index contributed by atoms with van der Waals surface area (Å²) in [5.41, 5.74) is -0.689. The number of amides is 1. The minimum absolute atomic E-state index is 0.547. The molecule has 1 amide bonds. The van der Waals surface area contributed by atoms with Crippen LogP contribution in [0.2, 0.25) is 0 Å². The van der Waals surface area contributed by atoms with Gasteiger partial charge in [0.2, 0.25) is 6.41 Å². The van der Waals surface area contributed by atoms with Crippen molar-refractivity contribution in [2.45, 2.75) is 71.0 Å². The molecule has 1 saturated heterocycles. The largest absolute Gasteiger partial charge is 0.417 e. The number of hydrogen-bond acceptors (Lipinski definition) is 4. The molecule has 1 aromatic rings. The molecule has 172 valence electrons. The zero-order valence-corrected chi connectivity index (χ0v) is 18.4. The van der Waals surface area contributed by atoms with Gasteiger partial charge in [-0.05, 0) is 50.7 Å². The number of halogens is 3. The summed E-state index contributed by atoms with van der Waals surface area (Å²) in [6, 6.07) is 3.11. The average molecular weight is 432 g/mol. The smallest absolute Gasteiger partial charge is 0.400 e. The van der Waals surface area contributed by atoms with Gasteiger partial charge < -0.3 is 14.9 Å². The SMILES string of the molecule is CC1CCCN(c2ccc(C(F)(F)F)cn2)C1.CCN(C=O)C1CCCCC1.CO. The summed E-state index contributed by atoms with van der Waals surface area (Å²) >= 11 is 0. The highest BCUT2D eigenvalue weighted by atomic mass is 19.4. The maximum atomic E-state index is 12.4. The number of carbonyl (C=O) groups excluding carboxylic acids is 1. The Hall–Kier alpha value is -1.83. The highest BCUT2D eigenvalue weighted by Gasteiger charge is 2.31. The van der Waals surface area contributed by atoms with Crippen molar-refractivity contribution >= 4 is 12.2 Å². The number of nitrogens with zero attached hydrogens (tertiary/aromatic N) is 3. The first-order valence-electron chi connectivity index (χ1n) is 10.8. The Morgan fingerprint density at radius 1 is 1.17 bits per heavy atom. The lowest BCUT2D eigenvalue weighted by Crippen LogP contribution is -2.35. The highest BCUT2D eigenvalue weighted by Crippen LogP contribution is 2.30. The van der Waals surface area contributed by atoms with E-state index in [1.165, 1.54) is 44.6 Å². The number of alkyl halides is 3. The Morgan fingerprint density at radius 2 is 1.83 bits per heavy atom. The fraction of sp³-hybridized carbons (Fsp3) is 0.727. The minimum atomic E-state index is -4.30. The number of rotatable bonds is 4. The number of carbonyl (C=O) groups is 1. The lowest BCUT2D eigenvalue weighted by atomic mass is 9.94. The number of aromatic nitrogens is 1. The maximum Gasteiger partial charge on any atom is 0.417 e. The summed E-state index contributed by atoms with van der Waals surface area (Å²) in [7, 11) is 1.00. The number of piperidine rings is 1. The van der Waals surface area contributed by atoms with Crippen LogP contribution in [-0.2, 0) is 11.0 Å². The molecular formula is C22H36F3N3O2. The second-order valence-corrected chi connectivity index (χ2v) is 7.82. The van der Waals surface area contributed by atoms with E-state index in [4.69, 9.17) is 5.11 Å². The second-order valence-electron chi connectivity index (χ2n) is 7.82. The highest BCUT2D eigenvalue weighted by molar-refractivity contribution is 5.47. The van der Waals surface area contributed by atoms with Crippen LogP contribution in [-0.4, -0.2) is 54.2 Å². The van der Waals surface area contributed by atoms with E-state index in [1.807, 2.05) is 16.7 Å². The topological polar surface area (TPSA) is 56.7 Å². The molecule has 5 nitrogen and oxygen atoms in total. The summed E-state index contributed by atoms with van der Waals surface area (Å²) in [6.07, 6.45) is 6.24. The van der Waals surface area contributed by atoms with Crippen molar-refractivity contribution in [2.75, 3.05) is 31.6 Å². The van der Waals surface area contributed by atoms with Gasteiger partial charge in [0.1, 0.15) is 5.82 Å². The van der Waals surface area contributed by atoms with Crippen molar-refractivity contribution < 1.29 is 23.1 Å². The van der Waals surface area contributed by atoms with Gasteiger partial charge in [0.25, 0.3) is 0 Å². The molecule has 1 aromatic heterocycles. The fourth-order valence-corrected chi connectivity index (χ4v) is 3.97. The predicted molar refractivity (Wildman–Crippen MR) is 113 cm³/mol. The Labute approximate surface area is 178 Å². The molecule has 2 aliphatic rings. The van der Waals surface area contributed by atoms with E-state index in [9.17, 15) is 18.0 Å². The first kappa shape index (κ1) is 26.2.